The summed E-state index contributed by atoms with van der Waals surface area (Å²) < 4.78 is 2.47. The number of fused-ring (bicyclic) bond motifs is 1. The zero-order valence-electron chi connectivity index (χ0n) is 10.2. The summed E-state index contributed by atoms with van der Waals surface area (Å²) >= 11 is 3.40. The van der Waals surface area contributed by atoms with Crippen LogP contribution in [0.15, 0.2) is 45.9 Å². The molecule has 2 heterocycles. The zero-order chi connectivity index (χ0) is 13.4. The van der Waals surface area contributed by atoms with E-state index in [-0.39, 0.29) is 11.6 Å². The first-order valence-electron chi connectivity index (χ1n) is 5.83. The van der Waals surface area contributed by atoms with E-state index in [1.807, 2.05) is 31.2 Å². The van der Waals surface area contributed by atoms with E-state index in [0.717, 1.165) is 15.4 Å². The van der Waals surface area contributed by atoms with E-state index < -0.39 is 0 Å². The van der Waals surface area contributed by atoms with Crippen LogP contribution < -0.4 is 5.56 Å². The smallest absolute Gasteiger partial charge is 0.272 e. The van der Waals surface area contributed by atoms with E-state index in [0.29, 0.717) is 5.52 Å². The van der Waals surface area contributed by atoms with E-state index in [4.69, 9.17) is 0 Å². The summed E-state index contributed by atoms with van der Waals surface area (Å²) in [5.74, 6) is 0. The van der Waals surface area contributed by atoms with Gasteiger partial charge in [-0.1, -0.05) is 28.1 Å². The molecule has 2 aromatic heterocycles. The van der Waals surface area contributed by atoms with Crippen molar-refractivity contribution in [2.24, 2.45) is 0 Å². The van der Waals surface area contributed by atoms with E-state index >= 15 is 0 Å². The molecule has 1 unspecified atom stereocenters. The van der Waals surface area contributed by atoms with Crippen LogP contribution in [0.2, 0.25) is 0 Å². The summed E-state index contributed by atoms with van der Waals surface area (Å²) in [6.45, 7) is 1.94. The van der Waals surface area contributed by atoms with Gasteiger partial charge in [-0.05, 0) is 24.6 Å². The molecule has 3 rings (SSSR count). The monoisotopic (exact) mass is 318 g/mol. The molecule has 96 valence electrons. The number of nitrogens with zero attached hydrogens (tertiary/aromatic N) is 3. The molecule has 3 aromatic rings. The number of rotatable bonds is 2. The molecule has 0 spiro atoms. The highest BCUT2D eigenvalue weighted by molar-refractivity contribution is 9.10. The van der Waals surface area contributed by atoms with Gasteiger partial charge in [0.1, 0.15) is 5.52 Å². The lowest BCUT2D eigenvalue weighted by Crippen LogP contribution is -2.26. The highest BCUT2D eigenvalue weighted by Crippen LogP contribution is 2.18. The van der Waals surface area contributed by atoms with E-state index in [2.05, 4.69) is 31.2 Å². The molecule has 1 aromatic carbocycles. The Morgan fingerprint density at radius 3 is 2.74 bits per heavy atom. The van der Waals surface area contributed by atoms with Crippen molar-refractivity contribution in [3.05, 3.63) is 57.0 Å². The molecule has 0 aliphatic heterocycles. The van der Waals surface area contributed by atoms with Crippen molar-refractivity contribution in [3.8, 4) is 0 Å². The standard InChI is InChI=1S/C13H11BrN4O/c1-8(9-2-4-11(14)5-3-9)18-13(19)12-10(7-16-18)6-15-17-12/h2-8H,1H3,(H,15,17). The first kappa shape index (κ1) is 12.1. The molecule has 0 aliphatic carbocycles. The predicted octanol–water partition coefficient (Wildman–Crippen LogP) is 2.49. The largest absolute Gasteiger partial charge is 0.293 e. The lowest BCUT2D eigenvalue weighted by atomic mass is 10.1. The number of halogens is 1. The number of hydrogen-bond acceptors (Lipinski definition) is 3. The predicted molar refractivity (Wildman–Crippen MR) is 76.1 cm³/mol. The average molecular weight is 319 g/mol. The summed E-state index contributed by atoms with van der Waals surface area (Å²) in [5.41, 5.74) is 1.35. The molecule has 1 N–H and O–H groups in total. The summed E-state index contributed by atoms with van der Waals surface area (Å²) in [5, 5.41) is 11.5. The Morgan fingerprint density at radius 2 is 2.00 bits per heavy atom. The van der Waals surface area contributed by atoms with Gasteiger partial charge in [-0.25, -0.2) is 4.68 Å². The first-order valence-corrected chi connectivity index (χ1v) is 6.62. The van der Waals surface area contributed by atoms with Crippen LogP contribution >= 0.6 is 15.9 Å². The Hall–Kier alpha value is -1.95. The lowest BCUT2D eigenvalue weighted by molar-refractivity contribution is 0.536. The minimum absolute atomic E-state index is 0.131. The van der Waals surface area contributed by atoms with Gasteiger partial charge in [0.25, 0.3) is 5.56 Å². The fourth-order valence-corrected chi connectivity index (χ4v) is 2.28. The molecule has 0 bridgehead atoms. The van der Waals surface area contributed by atoms with Crippen LogP contribution in [0.1, 0.15) is 18.5 Å². The number of benzene rings is 1. The maximum absolute atomic E-state index is 12.3. The Bertz CT molecular complexity index is 775. The Kier molecular flexibility index (Phi) is 2.94. The zero-order valence-corrected chi connectivity index (χ0v) is 11.8. The normalized spacial score (nSPS) is 12.7. The molecule has 0 aliphatic rings. The second-order valence-electron chi connectivity index (χ2n) is 4.32. The fourth-order valence-electron chi connectivity index (χ4n) is 2.01. The Balaban J connectivity index is 2.10. The van der Waals surface area contributed by atoms with Crippen LogP contribution in [-0.4, -0.2) is 20.0 Å². The molecule has 19 heavy (non-hydrogen) atoms. The molecule has 0 saturated heterocycles. The molecule has 6 heteroatoms. The summed E-state index contributed by atoms with van der Waals surface area (Å²) in [4.78, 5) is 12.3. The van der Waals surface area contributed by atoms with Crippen molar-refractivity contribution in [1.29, 1.82) is 0 Å². The van der Waals surface area contributed by atoms with Crippen molar-refractivity contribution in [2.75, 3.05) is 0 Å². The average Bonchev–Trinajstić information content (AvgIpc) is 2.88. The third-order valence-electron chi connectivity index (χ3n) is 3.13. The molecular weight excluding hydrogens is 308 g/mol. The summed E-state index contributed by atoms with van der Waals surface area (Å²) in [7, 11) is 0. The second-order valence-corrected chi connectivity index (χ2v) is 5.24. The molecule has 0 saturated carbocycles. The Labute approximate surface area is 117 Å². The van der Waals surface area contributed by atoms with Gasteiger partial charge in [0.15, 0.2) is 0 Å². The number of aromatic nitrogens is 4. The maximum Gasteiger partial charge on any atom is 0.293 e. The SMILES string of the molecule is CC(c1ccc(Br)cc1)n1ncc2cn[nH]c2c1=O. The van der Waals surface area contributed by atoms with Gasteiger partial charge in [0, 0.05) is 9.86 Å². The van der Waals surface area contributed by atoms with Gasteiger partial charge >= 0.3 is 0 Å². The van der Waals surface area contributed by atoms with Crippen LogP contribution in [0.25, 0.3) is 10.9 Å². The van der Waals surface area contributed by atoms with Crippen molar-refractivity contribution in [2.45, 2.75) is 13.0 Å². The minimum atomic E-state index is -0.162. The van der Waals surface area contributed by atoms with Crippen LogP contribution in [0.5, 0.6) is 0 Å². The van der Waals surface area contributed by atoms with Gasteiger partial charge in [0.05, 0.1) is 18.4 Å². The Morgan fingerprint density at radius 1 is 1.26 bits per heavy atom. The van der Waals surface area contributed by atoms with Gasteiger partial charge in [-0.2, -0.15) is 10.2 Å². The van der Waals surface area contributed by atoms with Gasteiger partial charge < -0.3 is 0 Å². The molecule has 1 atom stereocenters. The molecular formula is C13H11BrN4O. The number of hydrogen-bond donors (Lipinski definition) is 1. The van der Waals surface area contributed by atoms with Gasteiger partial charge in [-0.3, -0.25) is 9.89 Å². The molecule has 0 radical (unpaired) electrons. The number of H-pyrrole nitrogens is 1. The van der Waals surface area contributed by atoms with Crippen molar-refractivity contribution in [1.82, 2.24) is 20.0 Å². The highest BCUT2D eigenvalue weighted by Gasteiger charge is 2.13. The summed E-state index contributed by atoms with van der Waals surface area (Å²) in [6, 6.07) is 7.71. The van der Waals surface area contributed by atoms with Crippen LogP contribution in [0.3, 0.4) is 0 Å². The van der Waals surface area contributed by atoms with E-state index in [1.54, 1.807) is 12.4 Å². The third-order valence-corrected chi connectivity index (χ3v) is 3.66. The molecule has 5 nitrogen and oxygen atoms in total. The van der Waals surface area contributed by atoms with Crippen molar-refractivity contribution >= 4 is 26.8 Å². The van der Waals surface area contributed by atoms with Gasteiger partial charge in [-0.15, -0.1) is 0 Å². The molecule has 0 amide bonds. The van der Waals surface area contributed by atoms with Crippen LogP contribution in [0, 0.1) is 0 Å². The fraction of sp³-hybridized carbons (Fsp3) is 0.154. The third kappa shape index (κ3) is 2.08. The van der Waals surface area contributed by atoms with Crippen molar-refractivity contribution in [3.63, 3.8) is 0 Å². The van der Waals surface area contributed by atoms with Crippen molar-refractivity contribution < 1.29 is 0 Å². The quantitative estimate of drug-likeness (QED) is 0.789. The van der Waals surface area contributed by atoms with E-state index in [1.165, 1.54) is 4.68 Å². The molecule has 0 fully saturated rings. The minimum Gasteiger partial charge on any atom is -0.272 e. The van der Waals surface area contributed by atoms with Crippen LogP contribution in [-0.2, 0) is 0 Å². The maximum atomic E-state index is 12.3. The lowest BCUT2D eigenvalue weighted by Gasteiger charge is -2.13. The summed E-state index contributed by atoms with van der Waals surface area (Å²) in [6.07, 6.45) is 3.24. The second kappa shape index (κ2) is 4.62. The topological polar surface area (TPSA) is 63.6 Å². The first-order chi connectivity index (χ1) is 9.16. The van der Waals surface area contributed by atoms with Gasteiger partial charge in [0.2, 0.25) is 0 Å². The van der Waals surface area contributed by atoms with E-state index in [9.17, 15) is 4.79 Å². The highest BCUT2D eigenvalue weighted by atomic mass is 79.9. The number of nitrogens with one attached hydrogen (secondary N) is 1. The van der Waals surface area contributed by atoms with Crippen LogP contribution in [0.4, 0.5) is 0 Å². The number of aromatic amines is 1.